The Labute approximate surface area is 120 Å². The Morgan fingerprint density at radius 3 is 2.50 bits per heavy atom. The van der Waals surface area contributed by atoms with Crippen LogP contribution in [0.2, 0.25) is 0 Å². The summed E-state index contributed by atoms with van der Waals surface area (Å²) in [5, 5.41) is 2.95. The normalized spacial score (nSPS) is 18.3. The maximum Gasteiger partial charge on any atom is 0.232 e. The molecule has 2 rings (SSSR count). The summed E-state index contributed by atoms with van der Waals surface area (Å²) in [6.45, 7) is 1.58. The average Bonchev–Trinajstić information content (AvgIpc) is 2.42. The zero-order chi connectivity index (χ0) is 13.0. The first kappa shape index (κ1) is 13.8. The Morgan fingerprint density at radius 2 is 1.94 bits per heavy atom. The second kappa shape index (κ2) is 5.99. The highest BCUT2D eigenvalue weighted by Gasteiger charge is 2.38. The molecular weight excluding hydrogens is 343 g/mol. The average molecular weight is 360 g/mol. The van der Waals surface area contributed by atoms with E-state index in [1.54, 1.807) is 0 Å². The molecule has 0 aliphatic carbocycles. The van der Waals surface area contributed by atoms with Crippen molar-refractivity contribution in [2.24, 2.45) is 11.1 Å². The topological polar surface area (TPSA) is 64.4 Å². The van der Waals surface area contributed by atoms with E-state index in [-0.39, 0.29) is 5.91 Å². The molecule has 0 radical (unpaired) electrons. The van der Waals surface area contributed by atoms with Crippen molar-refractivity contribution in [1.82, 2.24) is 0 Å². The summed E-state index contributed by atoms with van der Waals surface area (Å²) in [6.07, 6.45) is 1.39. The van der Waals surface area contributed by atoms with Gasteiger partial charge in [0, 0.05) is 29.0 Å². The van der Waals surface area contributed by atoms with Crippen LogP contribution in [0.1, 0.15) is 12.8 Å². The highest BCUT2D eigenvalue weighted by molar-refractivity contribution is 14.1. The van der Waals surface area contributed by atoms with Crippen molar-refractivity contribution < 1.29 is 9.53 Å². The largest absolute Gasteiger partial charge is 0.381 e. The number of benzene rings is 1. The van der Waals surface area contributed by atoms with Crippen LogP contribution in [0.3, 0.4) is 0 Å². The van der Waals surface area contributed by atoms with Crippen molar-refractivity contribution in [3.8, 4) is 0 Å². The van der Waals surface area contributed by atoms with Crippen LogP contribution >= 0.6 is 22.6 Å². The lowest BCUT2D eigenvalue weighted by atomic mass is 9.79. The van der Waals surface area contributed by atoms with E-state index in [1.807, 2.05) is 24.3 Å². The molecule has 0 spiro atoms. The van der Waals surface area contributed by atoms with Gasteiger partial charge in [0.15, 0.2) is 0 Å². The minimum atomic E-state index is -0.471. The fourth-order valence-corrected chi connectivity index (χ4v) is 2.44. The minimum absolute atomic E-state index is 0.00880. The van der Waals surface area contributed by atoms with E-state index in [4.69, 9.17) is 10.5 Å². The lowest BCUT2D eigenvalue weighted by Crippen LogP contribution is -2.46. The molecule has 1 aliphatic rings. The van der Waals surface area contributed by atoms with Gasteiger partial charge in [-0.3, -0.25) is 4.79 Å². The molecule has 1 aliphatic heterocycles. The molecule has 0 atom stereocenters. The molecule has 1 aromatic rings. The second-order valence-electron chi connectivity index (χ2n) is 4.56. The number of nitrogens with one attached hydrogen (secondary N) is 1. The fraction of sp³-hybridized carbons (Fsp3) is 0.462. The first-order valence-corrected chi connectivity index (χ1v) is 7.09. The van der Waals surface area contributed by atoms with Gasteiger partial charge in [0.2, 0.25) is 5.91 Å². The van der Waals surface area contributed by atoms with Crippen LogP contribution in [0.15, 0.2) is 24.3 Å². The monoisotopic (exact) mass is 360 g/mol. The molecular formula is C13H17IN2O2. The van der Waals surface area contributed by atoms with Crippen molar-refractivity contribution in [3.63, 3.8) is 0 Å². The van der Waals surface area contributed by atoms with Crippen LogP contribution in [0.25, 0.3) is 0 Å². The van der Waals surface area contributed by atoms with Crippen LogP contribution in [0, 0.1) is 8.99 Å². The molecule has 0 unspecified atom stereocenters. The van der Waals surface area contributed by atoms with Gasteiger partial charge in [-0.25, -0.2) is 0 Å². The predicted octanol–water partition coefficient (Wildman–Crippen LogP) is 1.99. The van der Waals surface area contributed by atoms with E-state index in [1.165, 1.54) is 0 Å². The number of carbonyl (C=O) groups is 1. The molecule has 1 heterocycles. The van der Waals surface area contributed by atoms with E-state index < -0.39 is 5.41 Å². The molecule has 1 aromatic carbocycles. The van der Waals surface area contributed by atoms with Crippen LogP contribution in [-0.2, 0) is 9.53 Å². The molecule has 4 nitrogen and oxygen atoms in total. The summed E-state index contributed by atoms with van der Waals surface area (Å²) in [4.78, 5) is 12.4. The van der Waals surface area contributed by atoms with Gasteiger partial charge in [-0.2, -0.15) is 0 Å². The maximum absolute atomic E-state index is 12.4. The third-order valence-electron chi connectivity index (χ3n) is 3.42. The summed E-state index contributed by atoms with van der Waals surface area (Å²) in [5.41, 5.74) is 6.15. The Balaban J connectivity index is 2.07. The van der Waals surface area contributed by atoms with Crippen LogP contribution in [0.4, 0.5) is 5.69 Å². The molecule has 0 bridgehead atoms. The predicted molar refractivity (Wildman–Crippen MR) is 79.3 cm³/mol. The van der Waals surface area contributed by atoms with Gasteiger partial charge in [-0.1, -0.05) is 0 Å². The Bertz CT molecular complexity index is 414. The number of amides is 1. The summed E-state index contributed by atoms with van der Waals surface area (Å²) in [6, 6.07) is 7.75. The van der Waals surface area contributed by atoms with Gasteiger partial charge in [0.25, 0.3) is 0 Å². The third-order valence-corrected chi connectivity index (χ3v) is 4.14. The summed E-state index contributed by atoms with van der Waals surface area (Å²) in [5.74, 6) is 0.00880. The number of nitrogens with two attached hydrogens (primary N) is 1. The van der Waals surface area contributed by atoms with Crippen molar-refractivity contribution in [3.05, 3.63) is 27.8 Å². The smallest absolute Gasteiger partial charge is 0.232 e. The molecule has 18 heavy (non-hydrogen) atoms. The quantitative estimate of drug-likeness (QED) is 0.811. The number of hydrogen-bond acceptors (Lipinski definition) is 3. The van der Waals surface area contributed by atoms with E-state index in [0.29, 0.717) is 32.6 Å². The van der Waals surface area contributed by atoms with Crippen LogP contribution in [0.5, 0.6) is 0 Å². The zero-order valence-electron chi connectivity index (χ0n) is 10.1. The van der Waals surface area contributed by atoms with Gasteiger partial charge in [-0.15, -0.1) is 0 Å². The standard InChI is InChI=1S/C13H17IN2O2/c14-10-1-3-11(4-2-10)16-12(17)13(9-15)5-7-18-8-6-13/h1-4H,5-9,15H2,(H,16,17). The summed E-state index contributed by atoms with van der Waals surface area (Å²) in [7, 11) is 0. The van der Waals surface area contributed by atoms with E-state index in [0.717, 1.165) is 9.26 Å². The fourth-order valence-electron chi connectivity index (χ4n) is 2.08. The zero-order valence-corrected chi connectivity index (χ0v) is 12.3. The van der Waals surface area contributed by atoms with E-state index in [9.17, 15) is 4.79 Å². The van der Waals surface area contributed by atoms with Crippen molar-refractivity contribution in [1.29, 1.82) is 0 Å². The first-order valence-electron chi connectivity index (χ1n) is 6.01. The molecule has 1 amide bonds. The minimum Gasteiger partial charge on any atom is -0.381 e. The molecule has 1 fully saturated rings. The lowest BCUT2D eigenvalue weighted by Gasteiger charge is -2.34. The van der Waals surface area contributed by atoms with Crippen LogP contribution in [-0.4, -0.2) is 25.7 Å². The van der Waals surface area contributed by atoms with Gasteiger partial charge in [-0.05, 0) is 59.7 Å². The number of anilines is 1. The number of ether oxygens (including phenoxy) is 1. The van der Waals surface area contributed by atoms with Gasteiger partial charge in [0.1, 0.15) is 0 Å². The summed E-state index contributed by atoms with van der Waals surface area (Å²) >= 11 is 2.23. The molecule has 1 saturated heterocycles. The molecule has 5 heteroatoms. The molecule has 0 aromatic heterocycles. The number of carbonyl (C=O) groups excluding carboxylic acids is 1. The van der Waals surface area contributed by atoms with Gasteiger partial charge < -0.3 is 15.8 Å². The highest BCUT2D eigenvalue weighted by Crippen LogP contribution is 2.30. The Kier molecular flexibility index (Phi) is 4.58. The molecule has 98 valence electrons. The second-order valence-corrected chi connectivity index (χ2v) is 5.80. The lowest BCUT2D eigenvalue weighted by molar-refractivity contribution is -0.130. The third kappa shape index (κ3) is 3.02. The van der Waals surface area contributed by atoms with Crippen molar-refractivity contribution in [2.45, 2.75) is 12.8 Å². The van der Waals surface area contributed by atoms with Crippen LogP contribution < -0.4 is 11.1 Å². The van der Waals surface area contributed by atoms with Crippen molar-refractivity contribution in [2.75, 3.05) is 25.1 Å². The Hall–Kier alpha value is -0.660. The van der Waals surface area contributed by atoms with Gasteiger partial charge in [0.05, 0.1) is 5.41 Å². The van der Waals surface area contributed by atoms with E-state index >= 15 is 0 Å². The van der Waals surface area contributed by atoms with E-state index in [2.05, 4.69) is 27.9 Å². The molecule has 3 N–H and O–H groups in total. The van der Waals surface area contributed by atoms with Crippen molar-refractivity contribution >= 4 is 34.2 Å². The molecule has 0 saturated carbocycles. The number of rotatable bonds is 3. The summed E-state index contributed by atoms with van der Waals surface area (Å²) < 4.78 is 6.45. The first-order chi connectivity index (χ1) is 8.66. The number of hydrogen-bond donors (Lipinski definition) is 2. The number of halogens is 1. The van der Waals surface area contributed by atoms with Gasteiger partial charge >= 0.3 is 0 Å². The maximum atomic E-state index is 12.4. The SMILES string of the molecule is NCC1(C(=O)Nc2ccc(I)cc2)CCOCC1. The Morgan fingerprint density at radius 1 is 1.33 bits per heavy atom. The highest BCUT2D eigenvalue weighted by atomic mass is 127.